The second-order valence-corrected chi connectivity index (χ2v) is 6.53. The molecule has 1 aromatic carbocycles. The predicted molar refractivity (Wildman–Crippen MR) is 93.9 cm³/mol. The molecule has 2 rings (SSSR count). The Balaban J connectivity index is 1.85. The number of likely N-dealkylation sites (tertiary alicyclic amines) is 1. The van der Waals surface area contributed by atoms with E-state index in [1.807, 2.05) is 6.92 Å². The zero-order chi connectivity index (χ0) is 20.0. The summed E-state index contributed by atoms with van der Waals surface area (Å²) in [5.74, 6) is -3.77. The molecule has 2 amide bonds. The summed E-state index contributed by atoms with van der Waals surface area (Å²) in [6.07, 6.45) is 2.79. The molecule has 1 aromatic rings. The summed E-state index contributed by atoms with van der Waals surface area (Å²) in [5.41, 5.74) is -0.382. The van der Waals surface area contributed by atoms with Crippen molar-refractivity contribution in [3.8, 4) is 0 Å². The Morgan fingerprint density at radius 1 is 1.30 bits per heavy atom. The van der Waals surface area contributed by atoms with E-state index in [0.29, 0.717) is 12.6 Å². The van der Waals surface area contributed by atoms with Crippen molar-refractivity contribution in [1.82, 2.24) is 10.2 Å². The van der Waals surface area contributed by atoms with Gasteiger partial charge in [-0.05, 0) is 44.7 Å². The molecular weight excluding hydrogens is 358 g/mol. The number of halogens is 2. The van der Waals surface area contributed by atoms with Crippen molar-refractivity contribution < 1.29 is 27.9 Å². The van der Waals surface area contributed by atoms with Crippen molar-refractivity contribution in [2.45, 2.75) is 51.7 Å². The molecule has 2 unspecified atom stereocenters. The number of esters is 1. The van der Waals surface area contributed by atoms with E-state index in [1.54, 1.807) is 4.90 Å². The standard InChI is InChI=1S/C19H24F2N2O4/c1-3-14-6-4-5-9-23(14)19(26)12(2)27-17(24)11-22-18(25)15-8-7-13(20)10-16(15)21/h7-8,10,12,14H,3-6,9,11H2,1-2H3,(H,22,25). The summed E-state index contributed by atoms with van der Waals surface area (Å²) in [5, 5.41) is 2.20. The second kappa shape index (κ2) is 9.43. The number of rotatable bonds is 6. The number of nitrogens with one attached hydrogen (secondary N) is 1. The highest BCUT2D eigenvalue weighted by molar-refractivity contribution is 5.96. The minimum atomic E-state index is -1.03. The van der Waals surface area contributed by atoms with E-state index in [-0.39, 0.29) is 17.5 Å². The fraction of sp³-hybridized carbons (Fsp3) is 0.526. The van der Waals surface area contributed by atoms with Crippen LogP contribution >= 0.6 is 0 Å². The normalized spacial score (nSPS) is 17.9. The van der Waals surface area contributed by atoms with Gasteiger partial charge in [-0.3, -0.25) is 14.4 Å². The largest absolute Gasteiger partial charge is 0.451 e. The highest BCUT2D eigenvalue weighted by atomic mass is 19.1. The van der Waals surface area contributed by atoms with E-state index >= 15 is 0 Å². The number of piperidine rings is 1. The molecule has 1 heterocycles. The Labute approximate surface area is 156 Å². The maximum atomic E-state index is 13.6. The molecule has 0 spiro atoms. The van der Waals surface area contributed by atoms with E-state index in [9.17, 15) is 23.2 Å². The first-order valence-electron chi connectivity index (χ1n) is 9.06. The Hall–Kier alpha value is -2.51. The summed E-state index contributed by atoms with van der Waals surface area (Å²) in [4.78, 5) is 38.0. The average Bonchev–Trinajstić information content (AvgIpc) is 2.65. The molecule has 1 N–H and O–H groups in total. The minimum Gasteiger partial charge on any atom is -0.451 e. The van der Waals surface area contributed by atoms with Gasteiger partial charge in [0.1, 0.15) is 18.2 Å². The third kappa shape index (κ3) is 5.48. The zero-order valence-electron chi connectivity index (χ0n) is 15.5. The molecule has 8 heteroatoms. The van der Waals surface area contributed by atoms with Gasteiger partial charge >= 0.3 is 5.97 Å². The van der Waals surface area contributed by atoms with E-state index in [1.165, 1.54) is 6.92 Å². The number of carbonyl (C=O) groups excluding carboxylic acids is 3. The van der Waals surface area contributed by atoms with Gasteiger partial charge in [0.15, 0.2) is 6.10 Å². The fourth-order valence-electron chi connectivity index (χ4n) is 3.16. The molecule has 1 aliphatic rings. The first-order chi connectivity index (χ1) is 12.8. The molecule has 1 saturated heterocycles. The van der Waals surface area contributed by atoms with Crippen LogP contribution in [-0.4, -0.2) is 47.9 Å². The number of hydrogen-bond donors (Lipinski definition) is 1. The van der Waals surface area contributed by atoms with Crippen LogP contribution in [0.15, 0.2) is 18.2 Å². The lowest BCUT2D eigenvalue weighted by Crippen LogP contribution is -2.48. The topological polar surface area (TPSA) is 75.7 Å². The van der Waals surface area contributed by atoms with Gasteiger partial charge in [0, 0.05) is 18.7 Å². The third-order valence-corrected chi connectivity index (χ3v) is 4.61. The lowest BCUT2D eigenvalue weighted by atomic mass is 9.99. The van der Waals surface area contributed by atoms with Crippen LogP contribution < -0.4 is 5.32 Å². The summed E-state index contributed by atoms with van der Waals surface area (Å²) < 4.78 is 31.5. The van der Waals surface area contributed by atoms with E-state index in [2.05, 4.69) is 5.32 Å². The van der Waals surface area contributed by atoms with Gasteiger partial charge in [0.2, 0.25) is 0 Å². The molecule has 0 bridgehead atoms. The van der Waals surface area contributed by atoms with E-state index in [0.717, 1.165) is 37.8 Å². The molecule has 148 valence electrons. The van der Waals surface area contributed by atoms with E-state index in [4.69, 9.17) is 4.74 Å². The average molecular weight is 382 g/mol. The monoisotopic (exact) mass is 382 g/mol. The molecule has 0 saturated carbocycles. The fourth-order valence-corrected chi connectivity index (χ4v) is 3.16. The maximum Gasteiger partial charge on any atom is 0.326 e. The Morgan fingerprint density at radius 2 is 2.04 bits per heavy atom. The lowest BCUT2D eigenvalue weighted by molar-refractivity contribution is -0.160. The van der Waals surface area contributed by atoms with Gasteiger partial charge in [0.25, 0.3) is 11.8 Å². The zero-order valence-corrected chi connectivity index (χ0v) is 15.5. The van der Waals surface area contributed by atoms with Crippen LogP contribution in [0.1, 0.15) is 49.9 Å². The van der Waals surface area contributed by atoms with Gasteiger partial charge in [-0.25, -0.2) is 8.78 Å². The van der Waals surface area contributed by atoms with Gasteiger partial charge in [0.05, 0.1) is 5.56 Å². The van der Waals surface area contributed by atoms with Crippen molar-refractivity contribution in [3.05, 3.63) is 35.4 Å². The molecule has 0 radical (unpaired) electrons. The van der Waals surface area contributed by atoms with Crippen LogP contribution in [0.3, 0.4) is 0 Å². The van der Waals surface area contributed by atoms with Crippen molar-refractivity contribution in [1.29, 1.82) is 0 Å². The van der Waals surface area contributed by atoms with Crippen molar-refractivity contribution in [2.75, 3.05) is 13.1 Å². The predicted octanol–water partition coefficient (Wildman–Crippen LogP) is 2.42. The summed E-state index contributed by atoms with van der Waals surface area (Å²) >= 11 is 0. The number of amides is 2. The van der Waals surface area contributed by atoms with Gasteiger partial charge in [-0.2, -0.15) is 0 Å². The van der Waals surface area contributed by atoms with Gasteiger partial charge in [-0.15, -0.1) is 0 Å². The van der Waals surface area contributed by atoms with E-state index < -0.39 is 36.2 Å². The first kappa shape index (κ1) is 20.8. The highest BCUT2D eigenvalue weighted by Crippen LogP contribution is 2.20. The van der Waals surface area contributed by atoms with Crippen LogP contribution in [0.25, 0.3) is 0 Å². The van der Waals surface area contributed by atoms with Crippen LogP contribution in [0.2, 0.25) is 0 Å². The molecule has 6 nitrogen and oxygen atoms in total. The molecule has 1 aliphatic heterocycles. The minimum absolute atomic E-state index is 0.147. The van der Waals surface area contributed by atoms with Crippen molar-refractivity contribution in [2.24, 2.45) is 0 Å². The Morgan fingerprint density at radius 3 is 2.70 bits per heavy atom. The SMILES string of the molecule is CCC1CCCCN1C(=O)C(C)OC(=O)CNC(=O)c1ccc(F)cc1F. The summed E-state index contributed by atoms with van der Waals surface area (Å²) in [6, 6.07) is 2.66. The molecule has 2 atom stereocenters. The van der Waals surface area contributed by atoms with Crippen LogP contribution in [0.5, 0.6) is 0 Å². The number of ether oxygens (including phenoxy) is 1. The van der Waals surface area contributed by atoms with Gasteiger partial charge < -0.3 is 15.0 Å². The highest BCUT2D eigenvalue weighted by Gasteiger charge is 2.30. The third-order valence-electron chi connectivity index (χ3n) is 4.61. The maximum absolute atomic E-state index is 13.6. The Bertz CT molecular complexity index is 711. The number of hydrogen-bond acceptors (Lipinski definition) is 4. The lowest BCUT2D eigenvalue weighted by Gasteiger charge is -2.36. The summed E-state index contributed by atoms with van der Waals surface area (Å²) in [7, 11) is 0. The number of benzene rings is 1. The molecule has 27 heavy (non-hydrogen) atoms. The Kier molecular flexibility index (Phi) is 7.27. The molecule has 1 fully saturated rings. The van der Waals surface area contributed by atoms with Crippen molar-refractivity contribution >= 4 is 17.8 Å². The van der Waals surface area contributed by atoms with Crippen LogP contribution in [0, 0.1) is 11.6 Å². The quantitative estimate of drug-likeness (QED) is 0.767. The van der Waals surface area contributed by atoms with Crippen LogP contribution in [0.4, 0.5) is 8.78 Å². The first-order valence-corrected chi connectivity index (χ1v) is 9.06. The molecule has 0 aliphatic carbocycles. The van der Waals surface area contributed by atoms with Gasteiger partial charge in [-0.1, -0.05) is 6.92 Å². The molecule has 0 aromatic heterocycles. The summed E-state index contributed by atoms with van der Waals surface area (Å²) in [6.45, 7) is 3.62. The number of carbonyl (C=O) groups is 3. The van der Waals surface area contributed by atoms with Crippen LogP contribution in [-0.2, 0) is 14.3 Å². The number of nitrogens with zero attached hydrogens (tertiary/aromatic N) is 1. The smallest absolute Gasteiger partial charge is 0.326 e. The molecular formula is C19H24F2N2O4. The van der Waals surface area contributed by atoms with Crippen molar-refractivity contribution in [3.63, 3.8) is 0 Å². The second-order valence-electron chi connectivity index (χ2n) is 6.53.